The molecule has 1 aliphatic heterocycles. The van der Waals surface area contributed by atoms with Crippen molar-refractivity contribution < 1.29 is 27.6 Å². The first-order chi connectivity index (χ1) is 16.5. The summed E-state index contributed by atoms with van der Waals surface area (Å²) in [7, 11) is 0. The lowest BCUT2D eigenvalue weighted by atomic mass is 9.99. The standard InChI is InChI=1S/C24H32F3N5O3/c1-4-13(2)22(29)24(35)30-14(3)23(34)31-16(8-15-9-19(26)20(27)11-18(15)25)10-21(33)32-7-5-6-17(32)12-28/h9,11,13-14,16-17,22H,4-8,10,29H2,1-3H3,(H,30,35)(H,31,34)/t13?,14?,16-,17?,22?/m1/s1. The topological polar surface area (TPSA) is 128 Å². The third kappa shape index (κ3) is 7.42. The number of halogens is 3. The number of likely N-dealkylation sites (tertiary alicyclic amines) is 1. The molecule has 0 aliphatic carbocycles. The molecule has 0 radical (unpaired) electrons. The molecule has 4 unspecified atom stereocenters. The zero-order valence-corrected chi connectivity index (χ0v) is 20.1. The van der Waals surface area contributed by atoms with Gasteiger partial charge in [-0.3, -0.25) is 14.4 Å². The number of nitrogens with two attached hydrogens (primary N) is 1. The molecule has 8 nitrogen and oxygen atoms in total. The summed E-state index contributed by atoms with van der Waals surface area (Å²) in [4.78, 5) is 39.4. The second kappa shape index (κ2) is 12.5. The zero-order chi connectivity index (χ0) is 26.3. The molecule has 0 bridgehead atoms. The fourth-order valence-corrected chi connectivity index (χ4v) is 3.90. The lowest BCUT2D eigenvalue weighted by molar-refractivity contribution is -0.133. The number of nitrogens with one attached hydrogen (secondary N) is 2. The van der Waals surface area contributed by atoms with Crippen LogP contribution in [0.15, 0.2) is 12.1 Å². The van der Waals surface area contributed by atoms with E-state index >= 15 is 0 Å². The van der Waals surface area contributed by atoms with Crippen LogP contribution in [-0.2, 0) is 20.8 Å². The van der Waals surface area contributed by atoms with E-state index in [2.05, 4.69) is 16.7 Å². The predicted octanol–water partition coefficient (Wildman–Crippen LogP) is 1.91. The predicted molar refractivity (Wildman–Crippen MR) is 122 cm³/mol. The van der Waals surface area contributed by atoms with Crippen LogP contribution in [0.25, 0.3) is 0 Å². The van der Waals surface area contributed by atoms with E-state index in [1.54, 1.807) is 6.92 Å². The smallest absolute Gasteiger partial charge is 0.242 e. The van der Waals surface area contributed by atoms with Gasteiger partial charge in [0.2, 0.25) is 17.7 Å². The van der Waals surface area contributed by atoms with Crippen molar-refractivity contribution in [1.29, 1.82) is 5.26 Å². The van der Waals surface area contributed by atoms with E-state index in [4.69, 9.17) is 5.73 Å². The average molecular weight is 496 g/mol. The molecule has 1 saturated heterocycles. The number of nitriles is 1. The van der Waals surface area contributed by atoms with Gasteiger partial charge in [0.1, 0.15) is 17.9 Å². The van der Waals surface area contributed by atoms with E-state index in [9.17, 15) is 32.8 Å². The average Bonchev–Trinajstić information content (AvgIpc) is 3.30. The van der Waals surface area contributed by atoms with Crippen molar-refractivity contribution in [3.05, 3.63) is 35.1 Å². The Hall–Kier alpha value is -3.13. The molecule has 35 heavy (non-hydrogen) atoms. The van der Waals surface area contributed by atoms with Gasteiger partial charge in [-0.1, -0.05) is 20.3 Å². The van der Waals surface area contributed by atoms with E-state index in [1.807, 2.05) is 6.92 Å². The molecule has 0 spiro atoms. The minimum atomic E-state index is -1.36. The summed E-state index contributed by atoms with van der Waals surface area (Å²) in [5.41, 5.74) is 5.67. The van der Waals surface area contributed by atoms with E-state index in [0.717, 1.165) is 0 Å². The SMILES string of the molecule is CCC(C)C(N)C(=O)NC(C)C(=O)N[C@@H](CC(=O)N1CCCC1C#N)Cc1cc(F)c(F)cc1F. The van der Waals surface area contributed by atoms with Gasteiger partial charge in [0.25, 0.3) is 0 Å². The van der Waals surface area contributed by atoms with Crippen molar-refractivity contribution in [2.75, 3.05) is 6.54 Å². The number of nitrogens with zero attached hydrogens (tertiary/aromatic N) is 2. The quantitative estimate of drug-likeness (QED) is 0.427. The van der Waals surface area contributed by atoms with Crippen molar-refractivity contribution >= 4 is 17.7 Å². The van der Waals surface area contributed by atoms with Gasteiger partial charge in [0.15, 0.2) is 11.6 Å². The van der Waals surface area contributed by atoms with E-state index < -0.39 is 59.3 Å². The highest BCUT2D eigenvalue weighted by Gasteiger charge is 2.31. The molecule has 1 aromatic carbocycles. The Bertz CT molecular complexity index is 984. The van der Waals surface area contributed by atoms with Crippen molar-refractivity contribution in [2.24, 2.45) is 11.7 Å². The second-order valence-electron chi connectivity index (χ2n) is 8.99. The normalized spacial score (nSPS) is 18.8. The molecular formula is C24H32F3N5O3. The maximum atomic E-state index is 14.3. The maximum absolute atomic E-state index is 14.3. The van der Waals surface area contributed by atoms with Crippen LogP contribution in [0.1, 0.15) is 52.0 Å². The lowest BCUT2D eigenvalue weighted by Gasteiger charge is -2.26. The van der Waals surface area contributed by atoms with Crippen LogP contribution >= 0.6 is 0 Å². The van der Waals surface area contributed by atoms with Gasteiger partial charge in [-0.05, 0) is 43.7 Å². The lowest BCUT2D eigenvalue weighted by Crippen LogP contribution is -2.54. The van der Waals surface area contributed by atoms with Crippen LogP contribution in [0.4, 0.5) is 13.2 Å². The molecule has 11 heteroatoms. The summed E-state index contributed by atoms with van der Waals surface area (Å²) in [6, 6.07) is -0.311. The molecule has 1 heterocycles. The largest absolute Gasteiger partial charge is 0.351 e. The van der Waals surface area contributed by atoms with Crippen LogP contribution in [0, 0.1) is 34.7 Å². The number of amides is 3. The highest BCUT2D eigenvalue weighted by atomic mass is 19.2. The van der Waals surface area contributed by atoms with Crippen LogP contribution < -0.4 is 16.4 Å². The number of carbonyl (C=O) groups excluding carboxylic acids is 3. The van der Waals surface area contributed by atoms with Gasteiger partial charge < -0.3 is 21.3 Å². The van der Waals surface area contributed by atoms with E-state index in [-0.39, 0.29) is 24.3 Å². The third-order valence-corrected chi connectivity index (χ3v) is 6.36. The Labute approximate surface area is 203 Å². The van der Waals surface area contributed by atoms with Crippen molar-refractivity contribution in [3.8, 4) is 6.07 Å². The minimum Gasteiger partial charge on any atom is -0.351 e. The molecule has 192 valence electrons. The molecule has 2 rings (SSSR count). The fourth-order valence-electron chi connectivity index (χ4n) is 3.90. The molecular weight excluding hydrogens is 463 g/mol. The van der Waals surface area contributed by atoms with Crippen molar-refractivity contribution in [1.82, 2.24) is 15.5 Å². The van der Waals surface area contributed by atoms with Gasteiger partial charge in [-0.25, -0.2) is 13.2 Å². The molecule has 1 aliphatic rings. The summed E-state index contributed by atoms with van der Waals surface area (Å²) < 4.78 is 41.4. The molecule has 0 saturated carbocycles. The molecule has 0 aromatic heterocycles. The van der Waals surface area contributed by atoms with Crippen LogP contribution in [0.3, 0.4) is 0 Å². The highest BCUT2D eigenvalue weighted by molar-refractivity contribution is 5.90. The minimum absolute atomic E-state index is 0.111. The summed E-state index contributed by atoms with van der Waals surface area (Å²) >= 11 is 0. The number of carbonyl (C=O) groups is 3. The Morgan fingerprint density at radius 2 is 1.80 bits per heavy atom. The van der Waals surface area contributed by atoms with Crippen LogP contribution in [0.5, 0.6) is 0 Å². The Kier molecular flexibility index (Phi) is 10.1. The summed E-state index contributed by atoms with van der Waals surface area (Å²) in [6.07, 6.45) is 1.24. The second-order valence-corrected chi connectivity index (χ2v) is 8.99. The number of benzene rings is 1. The Morgan fingerprint density at radius 1 is 1.14 bits per heavy atom. The van der Waals surface area contributed by atoms with Crippen LogP contribution in [0.2, 0.25) is 0 Å². The zero-order valence-electron chi connectivity index (χ0n) is 20.1. The van der Waals surface area contributed by atoms with Gasteiger partial charge in [0.05, 0.1) is 12.1 Å². The van der Waals surface area contributed by atoms with Gasteiger partial charge in [0, 0.05) is 25.1 Å². The molecule has 5 atom stereocenters. The van der Waals surface area contributed by atoms with Gasteiger partial charge in [-0.2, -0.15) is 5.26 Å². The summed E-state index contributed by atoms with van der Waals surface area (Å²) in [6.45, 7) is 5.49. The Balaban J connectivity index is 2.17. The molecule has 4 N–H and O–H groups in total. The highest BCUT2D eigenvalue weighted by Crippen LogP contribution is 2.20. The third-order valence-electron chi connectivity index (χ3n) is 6.36. The van der Waals surface area contributed by atoms with Crippen molar-refractivity contribution in [2.45, 2.75) is 77.0 Å². The number of hydrogen-bond acceptors (Lipinski definition) is 5. The van der Waals surface area contributed by atoms with E-state index in [0.29, 0.717) is 37.9 Å². The molecule has 1 aromatic rings. The fraction of sp³-hybridized carbons (Fsp3) is 0.583. The number of hydrogen-bond donors (Lipinski definition) is 3. The summed E-state index contributed by atoms with van der Waals surface area (Å²) in [5.74, 6) is -5.36. The van der Waals surface area contributed by atoms with Crippen molar-refractivity contribution in [3.63, 3.8) is 0 Å². The Morgan fingerprint density at radius 3 is 2.43 bits per heavy atom. The first-order valence-corrected chi connectivity index (χ1v) is 11.7. The maximum Gasteiger partial charge on any atom is 0.242 e. The number of rotatable bonds is 10. The first-order valence-electron chi connectivity index (χ1n) is 11.7. The van der Waals surface area contributed by atoms with Crippen LogP contribution in [-0.4, -0.2) is 53.3 Å². The molecule has 3 amide bonds. The van der Waals surface area contributed by atoms with Gasteiger partial charge >= 0.3 is 0 Å². The first kappa shape index (κ1) is 28.1. The molecule has 1 fully saturated rings. The van der Waals surface area contributed by atoms with Gasteiger partial charge in [-0.15, -0.1) is 0 Å². The summed E-state index contributed by atoms with van der Waals surface area (Å²) in [5, 5.41) is 14.4. The van der Waals surface area contributed by atoms with E-state index in [1.165, 1.54) is 11.8 Å². The monoisotopic (exact) mass is 495 g/mol.